The molecule has 0 aromatic heterocycles. The summed E-state index contributed by atoms with van der Waals surface area (Å²) >= 11 is 0. The van der Waals surface area contributed by atoms with Crippen LogP contribution in [0.2, 0.25) is 0 Å². The number of benzene rings is 1. The predicted molar refractivity (Wildman–Crippen MR) is 122 cm³/mol. The molecule has 1 saturated carbocycles. The van der Waals surface area contributed by atoms with Crippen molar-refractivity contribution in [3.05, 3.63) is 60.2 Å². The minimum atomic E-state index is -0.780. The van der Waals surface area contributed by atoms with Crippen molar-refractivity contribution in [2.24, 2.45) is 11.8 Å². The number of ether oxygens (including phenoxy) is 3. The number of hydrogen-bond acceptors (Lipinski definition) is 6. The van der Waals surface area contributed by atoms with E-state index in [4.69, 9.17) is 9.47 Å². The van der Waals surface area contributed by atoms with Gasteiger partial charge in [-0.2, -0.15) is 0 Å². The van der Waals surface area contributed by atoms with Crippen LogP contribution < -0.4 is 0 Å². The van der Waals surface area contributed by atoms with Crippen LogP contribution in [0.25, 0.3) is 0 Å². The van der Waals surface area contributed by atoms with Crippen molar-refractivity contribution in [3.8, 4) is 0 Å². The fraction of sp³-hybridized carbons (Fsp3) is 0.577. The first-order valence-electron chi connectivity index (χ1n) is 11.6. The molecule has 2 N–H and O–H groups in total. The predicted octanol–water partition coefficient (Wildman–Crippen LogP) is 3.57. The molecule has 32 heavy (non-hydrogen) atoms. The van der Waals surface area contributed by atoms with Crippen molar-refractivity contribution >= 4 is 5.97 Å². The van der Waals surface area contributed by atoms with Crippen LogP contribution in [0.15, 0.2) is 54.6 Å². The molecule has 1 aliphatic carbocycles. The number of hydrogen-bond donors (Lipinski definition) is 2. The Balaban J connectivity index is 1.57. The lowest BCUT2D eigenvalue weighted by Gasteiger charge is -2.26. The summed E-state index contributed by atoms with van der Waals surface area (Å²) in [6.07, 6.45) is 11.4. The molecule has 1 aliphatic heterocycles. The topological polar surface area (TPSA) is 85.2 Å². The Bertz CT molecular complexity index is 753. The SMILES string of the molecule is COC(=O)CCC/C=C\C[C@@H]1[C@@H](/C=C/C2(CCc3ccccc3)OCCO2)[C@H](O)C[C@@H]1O. The van der Waals surface area contributed by atoms with E-state index in [1.54, 1.807) is 0 Å². The Morgan fingerprint density at radius 3 is 2.62 bits per heavy atom. The third kappa shape index (κ3) is 7.01. The van der Waals surface area contributed by atoms with E-state index in [9.17, 15) is 15.0 Å². The molecule has 176 valence electrons. The molecular weight excluding hydrogens is 408 g/mol. The van der Waals surface area contributed by atoms with Crippen LogP contribution >= 0.6 is 0 Å². The van der Waals surface area contributed by atoms with E-state index < -0.39 is 18.0 Å². The van der Waals surface area contributed by atoms with Crippen LogP contribution in [0.4, 0.5) is 0 Å². The molecule has 1 aromatic carbocycles. The normalized spacial score (nSPS) is 27.5. The summed E-state index contributed by atoms with van der Waals surface area (Å²) in [5.74, 6) is -1.20. The number of allylic oxidation sites excluding steroid dienone is 2. The fourth-order valence-electron chi connectivity index (χ4n) is 4.56. The minimum Gasteiger partial charge on any atom is -0.469 e. The summed E-state index contributed by atoms with van der Waals surface area (Å²) in [5, 5.41) is 21.1. The molecule has 6 heteroatoms. The number of unbranched alkanes of at least 4 members (excludes halogenated alkanes) is 1. The monoisotopic (exact) mass is 444 g/mol. The number of aliphatic hydroxyl groups excluding tert-OH is 2. The second kappa shape index (κ2) is 12.3. The molecular formula is C26H36O6. The molecule has 2 fully saturated rings. The average molecular weight is 445 g/mol. The zero-order valence-electron chi connectivity index (χ0n) is 18.9. The molecule has 0 spiro atoms. The second-order valence-electron chi connectivity index (χ2n) is 8.64. The van der Waals surface area contributed by atoms with Gasteiger partial charge in [-0.25, -0.2) is 0 Å². The molecule has 0 bridgehead atoms. The summed E-state index contributed by atoms with van der Waals surface area (Å²) in [6, 6.07) is 10.2. The molecule has 1 aromatic rings. The van der Waals surface area contributed by atoms with Gasteiger partial charge < -0.3 is 24.4 Å². The fourth-order valence-corrected chi connectivity index (χ4v) is 4.56. The van der Waals surface area contributed by atoms with Crippen molar-refractivity contribution in [2.75, 3.05) is 20.3 Å². The first-order valence-corrected chi connectivity index (χ1v) is 11.6. The molecule has 6 nitrogen and oxygen atoms in total. The summed E-state index contributed by atoms with van der Waals surface area (Å²) in [6.45, 7) is 1.10. The van der Waals surface area contributed by atoms with Gasteiger partial charge in [-0.3, -0.25) is 4.79 Å². The second-order valence-corrected chi connectivity index (χ2v) is 8.64. The lowest BCUT2D eigenvalue weighted by atomic mass is 9.89. The van der Waals surface area contributed by atoms with Gasteiger partial charge in [0.1, 0.15) is 0 Å². The Morgan fingerprint density at radius 1 is 1.16 bits per heavy atom. The first-order chi connectivity index (χ1) is 15.5. The molecule has 1 heterocycles. The van der Waals surface area contributed by atoms with E-state index in [-0.39, 0.29) is 17.8 Å². The van der Waals surface area contributed by atoms with Gasteiger partial charge in [0.15, 0.2) is 5.79 Å². The van der Waals surface area contributed by atoms with Crippen molar-refractivity contribution < 1.29 is 29.2 Å². The summed E-state index contributed by atoms with van der Waals surface area (Å²) < 4.78 is 16.6. The number of esters is 1. The Labute approximate surface area is 190 Å². The van der Waals surface area contributed by atoms with Crippen LogP contribution in [-0.4, -0.2) is 54.5 Å². The number of carbonyl (C=O) groups excluding carboxylic acids is 1. The Hall–Kier alpha value is -1.99. The maximum absolute atomic E-state index is 11.2. The zero-order chi connectivity index (χ0) is 22.8. The largest absolute Gasteiger partial charge is 0.469 e. The van der Waals surface area contributed by atoms with Crippen LogP contribution in [-0.2, 0) is 25.4 Å². The Kier molecular flexibility index (Phi) is 9.48. The van der Waals surface area contributed by atoms with Crippen molar-refractivity contribution in [1.82, 2.24) is 0 Å². The molecule has 0 radical (unpaired) electrons. The van der Waals surface area contributed by atoms with Gasteiger partial charge in [-0.05, 0) is 43.2 Å². The van der Waals surface area contributed by atoms with Crippen LogP contribution in [0.1, 0.15) is 44.1 Å². The van der Waals surface area contributed by atoms with Gasteiger partial charge in [0.25, 0.3) is 0 Å². The number of aryl methyl sites for hydroxylation is 1. The first kappa shape index (κ1) is 24.6. The van der Waals surface area contributed by atoms with Crippen molar-refractivity contribution in [3.63, 3.8) is 0 Å². The van der Waals surface area contributed by atoms with Crippen LogP contribution in [0.3, 0.4) is 0 Å². The molecule has 0 amide bonds. The highest BCUT2D eigenvalue weighted by Gasteiger charge is 2.41. The van der Waals surface area contributed by atoms with Crippen LogP contribution in [0, 0.1) is 11.8 Å². The Morgan fingerprint density at radius 2 is 1.91 bits per heavy atom. The van der Waals surface area contributed by atoms with E-state index in [2.05, 4.69) is 16.9 Å². The third-order valence-corrected chi connectivity index (χ3v) is 6.42. The molecule has 1 saturated heterocycles. The highest BCUT2D eigenvalue weighted by Crippen LogP contribution is 2.38. The maximum Gasteiger partial charge on any atom is 0.305 e. The van der Waals surface area contributed by atoms with Gasteiger partial charge >= 0.3 is 5.97 Å². The lowest BCUT2D eigenvalue weighted by Crippen LogP contribution is -2.29. The average Bonchev–Trinajstić information content (AvgIpc) is 3.38. The minimum absolute atomic E-state index is 0.0642. The van der Waals surface area contributed by atoms with Gasteiger partial charge in [0.2, 0.25) is 0 Å². The van der Waals surface area contributed by atoms with Gasteiger partial charge in [0.05, 0.1) is 32.5 Å². The van der Waals surface area contributed by atoms with Gasteiger partial charge in [-0.15, -0.1) is 0 Å². The van der Waals surface area contributed by atoms with Gasteiger partial charge in [-0.1, -0.05) is 48.6 Å². The molecule has 0 unspecified atom stereocenters. The zero-order valence-corrected chi connectivity index (χ0v) is 18.9. The van der Waals surface area contributed by atoms with Crippen molar-refractivity contribution in [2.45, 2.75) is 62.9 Å². The number of aliphatic hydroxyl groups is 2. The number of rotatable bonds is 11. The third-order valence-electron chi connectivity index (χ3n) is 6.42. The number of methoxy groups -OCH3 is 1. The van der Waals surface area contributed by atoms with E-state index >= 15 is 0 Å². The number of carbonyl (C=O) groups is 1. The molecule has 4 atom stereocenters. The van der Waals surface area contributed by atoms with Gasteiger partial charge in [0, 0.05) is 25.2 Å². The summed E-state index contributed by atoms with van der Waals surface area (Å²) in [5.41, 5.74) is 1.23. The van der Waals surface area contributed by atoms with E-state index in [0.29, 0.717) is 38.9 Å². The highest BCUT2D eigenvalue weighted by molar-refractivity contribution is 5.69. The summed E-state index contributed by atoms with van der Waals surface area (Å²) in [7, 11) is 1.39. The van der Waals surface area contributed by atoms with E-state index in [1.807, 2.05) is 42.5 Å². The lowest BCUT2D eigenvalue weighted by molar-refractivity contribution is -0.140. The van der Waals surface area contributed by atoms with Crippen molar-refractivity contribution in [1.29, 1.82) is 0 Å². The quantitative estimate of drug-likeness (QED) is 0.308. The van der Waals surface area contributed by atoms with Crippen LogP contribution in [0.5, 0.6) is 0 Å². The molecule has 2 aliphatic rings. The van der Waals surface area contributed by atoms with E-state index in [1.165, 1.54) is 12.7 Å². The highest BCUT2D eigenvalue weighted by atomic mass is 16.7. The standard InChI is InChI=1S/C26H36O6/c1-30-25(29)12-8-3-2-7-11-21-22(24(28)19-23(21)27)14-16-26(31-17-18-32-26)15-13-20-9-5-4-6-10-20/h2,4-7,9-10,14,16,21-24,27-28H,3,8,11-13,15,17-19H2,1H3/b7-2-,16-14+/t21-,22-,23+,24-/m1/s1. The summed E-state index contributed by atoms with van der Waals surface area (Å²) in [4.78, 5) is 11.2. The molecule has 3 rings (SSSR count). The van der Waals surface area contributed by atoms with E-state index in [0.717, 1.165) is 19.3 Å². The smallest absolute Gasteiger partial charge is 0.305 e. The maximum atomic E-state index is 11.2.